The third-order valence-electron chi connectivity index (χ3n) is 3.69. The first-order chi connectivity index (χ1) is 12.4. The number of para-hydroxylation sites is 2. The van der Waals surface area contributed by atoms with E-state index in [2.05, 4.69) is 10.6 Å². The summed E-state index contributed by atoms with van der Waals surface area (Å²) in [5, 5.41) is 5.35. The van der Waals surface area contributed by atoms with Crippen molar-refractivity contribution in [2.45, 2.75) is 6.54 Å². The van der Waals surface area contributed by atoms with Crippen LogP contribution in [-0.4, -0.2) is 45.2 Å². The first kappa shape index (κ1) is 19.7. The van der Waals surface area contributed by atoms with Gasteiger partial charge < -0.3 is 15.4 Å². The molecular weight excluding hydrogens is 354 g/mol. The predicted molar refractivity (Wildman–Crippen MR) is 102 cm³/mol. The van der Waals surface area contributed by atoms with E-state index in [0.717, 1.165) is 11.8 Å². The minimum atomic E-state index is -3.44. The van der Waals surface area contributed by atoms with Crippen molar-refractivity contribution in [1.82, 2.24) is 9.62 Å². The number of amides is 2. The molecule has 2 aromatic rings. The number of carbonyl (C=O) groups is 1. The van der Waals surface area contributed by atoms with Crippen molar-refractivity contribution in [1.29, 1.82) is 0 Å². The molecule has 0 aliphatic carbocycles. The number of hydrogen-bond donors (Lipinski definition) is 2. The maximum absolute atomic E-state index is 12.1. The summed E-state index contributed by atoms with van der Waals surface area (Å²) in [7, 11) is -1.90. The van der Waals surface area contributed by atoms with E-state index in [-0.39, 0.29) is 25.7 Å². The molecule has 0 spiro atoms. The number of benzene rings is 2. The summed E-state index contributed by atoms with van der Waals surface area (Å²) in [4.78, 5) is 11.9. The Labute approximate surface area is 154 Å². The Balaban J connectivity index is 1.93. The molecule has 0 radical (unpaired) electrons. The third-order valence-corrected chi connectivity index (χ3v) is 4.94. The fourth-order valence-electron chi connectivity index (χ4n) is 2.38. The van der Waals surface area contributed by atoms with Crippen LogP contribution in [0.15, 0.2) is 54.6 Å². The van der Waals surface area contributed by atoms with Crippen LogP contribution in [0.4, 0.5) is 10.5 Å². The molecule has 0 atom stereocenters. The van der Waals surface area contributed by atoms with Crippen LogP contribution in [0, 0.1) is 0 Å². The van der Waals surface area contributed by atoms with Crippen molar-refractivity contribution in [2.24, 2.45) is 0 Å². The molecule has 0 saturated carbocycles. The summed E-state index contributed by atoms with van der Waals surface area (Å²) >= 11 is 0. The van der Waals surface area contributed by atoms with Gasteiger partial charge >= 0.3 is 6.03 Å². The van der Waals surface area contributed by atoms with Crippen molar-refractivity contribution in [3.8, 4) is 5.75 Å². The Hall–Kier alpha value is -2.58. The van der Waals surface area contributed by atoms with E-state index in [1.807, 2.05) is 36.4 Å². The lowest BCUT2D eigenvalue weighted by molar-refractivity contribution is 0.251. The summed E-state index contributed by atoms with van der Waals surface area (Å²) in [6.07, 6.45) is 1.15. The second-order valence-corrected chi connectivity index (χ2v) is 7.64. The molecule has 8 heteroatoms. The average molecular weight is 377 g/mol. The first-order valence-corrected chi connectivity index (χ1v) is 9.92. The summed E-state index contributed by atoms with van der Waals surface area (Å²) in [6.45, 7) is 0.505. The zero-order chi connectivity index (χ0) is 19.0. The molecule has 7 nitrogen and oxygen atoms in total. The summed E-state index contributed by atoms with van der Waals surface area (Å²) < 4.78 is 30.7. The Morgan fingerprint density at radius 2 is 1.73 bits per heavy atom. The fraction of sp³-hybridized carbons (Fsp3) is 0.278. The van der Waals surface area contributed by atoms with Crippen molar-refractivity contribution in [3.05, 3.63) is 60.2 Å². The standard InChI is InChI=1S/C18H23N3O4S/c1-25-17-11-7-6-8-15(17)14-21(26(2,23)24)13-12-19-18(22)20-16-9-4-3-5-10-16/h3-11H,12-14H2,1-2H3,(H2,19,20,22). The molecule has 26 heavy (non-hydrogen) atoms. The molecule has 2 aromatic carbocycles. The van der Waals surface area contributed by atoms with E-state index in [1.165, 1.54) is 4.31 Å². The normalized spacial score (nSPS) is 11.2. The number of nitrogens with zero attached hydrogens (tertiary/aromatic N) is 1. The van der Waals surface area contributed by atoms with Gasteiger partial charge in [-0.1, -0.05) is 36.4 Å². The van der Waals surface area contributed by atoms with Crippen molar-refractivity contribution in [2.75, 3.05) is 31.8 Å². The SMILES string of the molecule is COc1ccccc1CN(CCNC(=O)Nc1ccccc1)S(C)(=O)=O. The number of hydrogen-bond acceptors (Lipinski definition) is 4. The molecule has 2 amide bonds. The molecule has 0 saturated heterocycles. The van der Waals surface area contributed by atoms with Crippen LogP contribution in [0.25, 0.3) is 0 Å². The van der Waals surface area contributed by atoms with E-state index in [9.17, 15) is 13.2 Å². The molecule has 0 heterocycles. The number of anilines is 1. The molecule has 0 aromatic heterocycles. The number of nitrogens with one attached hydrogen (secondary N) is 2. The van der Waals surface area contributed by atoms with Gasteiger partial charge in [-0.2, -0.15) is 4.31 Å². The zero-order valence-corrected chi connectivity index (χ0v) is 15.6. The smallest absolute Gasteiger partial charge is 0.319 e. The van der Waals surface area contributed by atoms with Crippen molar-refractivity contribution in [3.63, 3.8) is 0 Å². The monoisotopic (exact) mass is 377 g/mol. The van der Waals surface area contributed by atoms with Crippen molar-refractivity contribution < 1.29 is 17.9 Å². The summed E-state index contributed by atoms with van der Waals surface area (Å²) in [5.74, 6) is 0.621. The fourth-order valence-corrected chi connectivity index (χ4v) is 3.17. The minimum absolute atomic E-state index is 0.152. The number of methoxy groups -OCH3 is 1. The predicted octanol–water partition coefficient (Wildman–Crippen LogP) is 2.28. The molecule has 2 rings (SSSR count). The quantitative estimate of drug-likeness (QED) is 0.739. The summed E-state index contributed by atoms with van der Waals surface area (Å²) in [6, 6.07) is 15.9. The molecule has 2 N–H and O–H groups in total. The number of rotatable bonds is 8. The van der Waals surface area contributed by atoms with Gasteiger partial charge in [0.2, 0.25) is 10.0 Å². The molecule has 140 valence electrons. The lowest BCUT2D eigenvalue weighted by atomic mass is 10.2. The topological polar surface area (TPSA) is 87.7 Å². The lowest BCUT2D eigenvalue weighted by Crippen LogP contribution is -2.39. The van der Waals surface area contributed by atoms with Gasteiger partial charge in [0.1, 0.15) is 5.75 Å². The summed E-state index contributed by atoms with van der Waals surface area (Å²) in [5.41, 5.74) is 1.42. The highest BCUT2D eigenvalue weighted by Gasteiger charge is 2.18. The molecule has 0 unspecified atom stereocenters. The molecule has 0 aliphatic heterocycles. The van der Waals surface area contributed by atoms with Gasteiger partial charge in [0, 0.05) is 30.9 Å². The number of sulfonamides is 1. The highest BCUT2D eigenvalue weighted by Crippen LogP contribution is 2.20. The highest BCUT2D eigenvalue weighted by atomic mass is 32.2. The zero-order valence-electron chi connectivity index (χ0n) is 14.8. The van der Waals surface area contributed by atoms with Gasteiger partial charge in [0.05, 0.1) is 13.4 Å². The van der Waals surface area contributed by atoms with Crippen molar-refractivity contribution >= 4 is 21.7 Å². The number of ether oxygens (including phenoxy) is 1. The molecule has 0 aliphatic rings. The van der Waals surface area contributed by atoms with Gasteiger partial charge in [-0.25, -0.2) is 13.2 Å². The van der Waals surface area contributed by atoms with Crippen LogP contribution >= 0.6 is 0 Å². The van der Waals surface area contributed by atoms with Gasteiger partial charge in [-0.3, -0.25) is 0 Å². The lowest BCUT2D eigenvalue weighted by Gasteiger charge is -2.21. The molecule has 0 fully saturated rings. The average Bonchev–Trinajstić information content (AvgIpc) is 2.61. The van der Waals surface area contributed by atoms with Crippen LogP contribution in [0.3, 0.4) is 0 Å². The maximum atomic E-state index is 12.1. The third kappa shape index (κ3) is 6.05. The van der Waals surface area contributed by atoms with Crippen LogP contribution < -0.4 is 15.4 Å². The highest BCUT2D eigenvalue weighted by molar-refractivity contribution is 7.88. The number of urea groups is 1. The Morgan fingerprint density at radius 1 is 1.08 bits per heavy atom. The van der Waals surface area contributed by atoms with Crippen LogP contribution in [0.1, 0.15) is 5.56 Å². The second-order valence-electron chi connectivity index (χ2n) is 5.66. The van der Waals surface area contributed by atoms with Gasteiger partial charge in [-0.15, -0.1) is 0 Å². The van der Waals surface area contributed by atoms with Crippen LogP contribution in [0.5, 0.6) is 5.75 Å². The minimum Gasteiger partial charge on any atom is -0.496 e. The largest absolute Gasteiger partial charge is 0.496 e. The Bertz CT molecular complexity index is 825. The van der Waals surface area contributed by atoms with Gasteiger partial charge in [0.15, 0.2) is 0 Å². The first-order valence-electron chi connectivity index (χ1n) is 8.07. The van der Waals surface area contributed by atoms with Gasteiger partial charge in [0.25, 0.3) is 0 Å². The van der Waals surface area contributed by atoms with E-state index in [0.29, 0.717) is 11.4 Å². The van der Waals surface area contributed by atoms with Gasteiger partial charge in [-0.05, 0) is 18.2 Å². The Morgan fingerprint density at radius 3 is 2.38 bits per heavy atom. The second kappa shape index (κ2) is 9.21. The number of carbonyl (C=O) groups excluding carboxylic acids is 1. The molecule has 0 bridgehead atoms. The van der Waals surface area contributed by atoms with E-state index >= 15 is 0 Å². The van der Waals surface area contributed by atoms with E-state index < -0.39 is 10.0 Å². The van der Waals surface area contributed by atoms with Crippen LogP contribution in [-0.2, 0) is 16.6 Å². The van der Waals surface area contributed by atoms with E-state index in [1.54, 1.807) is 25.3 Å². The van der Waals surface area contributed by atoms with Crippen LogP contribution in [0.2, 0.25) is 0 Å². The van der Waals surface area contributed by atoms with E-state index in [4.69, 9.17) is 4.74 Å². The molecular formula is C18H23N3O4S. The Kier molecular flexibility index (Phi) is 6.99. The maximum Gasteiger partial charge on any atom is 0.319 e.